The summed E-state index contributed by atoms with van der Waals surface area (Å²) in [4.78, 5) is 20.0. The Kier molecular flexibility index (Phi) is 6.21. The number of hydrogen-bond donors (Lipinski definition) is 1. The Balaban J connectivity index is 3.06. The largest absolute Gasteiger partial charge is 0.349 e. The van der Waals surface area contributed by atoms with Crippen LogP contribution >= 0.6 is 0 Å². The van der Waals surface area contributed by atoms with Gasteiger partial charge in [0.25, 0.3) is 0 Å². The van der Waals surface area contributed by atoms with Crippen LogP contribution in [0.25, 0.3) is 0 Å². The van der Waals surface area contributed by atoms with E-state index >= 15 is 0 Å². The van der Waals surface area contributed by atoms with Crippen LogP contribution in [0.4, 0.5) is 10.5 Å². The molecule has 2 amide bonds. The number of nitrogens with one attached hydrogen (secondary N) is 1. The number of anilines is 1. The van der Waals surface area contributed by atoms with Crippen molar-refractivity contribution in [1.82, 2.24) is 9.80 Å². The highest BCUT2D eigenvalue weighted by Crippen LogP contribution is 2.22. The molecule has 0 spiro atoms. The summed E-state index contributed by atoms with van der Waals surface area (Å²) in [5.41, 5.74) is 3.16. The SMILES string of the molecule is CCc1cccc(CC)c1NC(=O)N=C(N(C)C)N(C)C. The standard InChI is InChI=1S/C16H26N4O/c1-7-12-10-9-11-13(8-2)14(12)17-15(21)18-16(19(3)4)20(5)6/h9-11H,7-8H2,1-6H3,(H,17,21). The quantitative estimate of drug-likeness (QED) is 0.688. The number of nitrogens with zero attached hydrogens (tertiary/aromatic N) is 3. The molecule has 0 bridgehead atoms. The average molecular weight is 290 g/mol. The normalized spacial score (nSPS) is 10.0. The highest BCUT2D eigenvalue weighted by Gasteiger charge is 2.12. The number of carbonyl (C=O) groups is 1. The van der Waals surface area contributed by atoms with Crippen LogP contribution in [0.15, 0.2) is 23.2 Å². The molecule has 0 aliphatic heterocycles. The van der Waals surface area contributed by atoms with E-state index in [0.29, 0.717) is 5.96 Å². The number of rotatable bonds is 3. The molecule has 0 radical (unpaired) electrons. The van der Waals surface area contributed by atoms with E-state index in [1.165, 1.54) is 0 Å². The zero-order chi connectivity index (χ0) is 16.0. The molecule has 0 atom stereocenters. The Morgan fingerprint density at radius 1 is 1.05 bits per heavy atom. The summed E-state index contributed by atoms with van der Waals surface area (Å²) in [5.74, 6) is 0.611. The fourth-order valence-electron chi connectivity index (χ4n) is 2.23. The number of aryl methyl sites for hydroxylation is 2. The Morgan fingerprint density at radius 2 is 1.52 bits per heavy atom. The van der Waals surface area contributed by atoms with Gasteiger partial charge in [-0.05, 0) is 24.0 Å². The summed E-state index contributed by atoms with van der Waals surface area (Å²) in [5, 5.41) is 2.94. The van der Waals surface area contributed by atoms with Gasteiger partial charge in [-0.3, -0.25) is 0 Å². The van der Waals surface area contributed by atoms with Crippen LogP contribution in [0, 0.1) is 0 Å². The van der Waals surface area contributed by atoms with E-state index < -0.39 is 0 Å². The van der Waals surface area contributed by atoms with Crippen molar-refractivity contribution < 1.29 is 4.79 Å². The summed E-state index contributed by atoms with van der Waals surface area (Å²) in [7, 11) is 7.46. The molecule has 1 N–H and O–H groups in total. The molecule has 0 saturated heterocycles. The van der Waals surface area contributed by atoms with Crippen molar-refractivity contribution in [3.05, 3.63) is 29.3 Å². The second-order valence-electron chi connectivity index (χ2n) is 5.29. The summed E-state index contributed by atoms with van der Waals surface area (Å²) in [6.45, 7) is 4.16. The molecule has 0 aliphatic carbocycles. The van der Waals surface area contributed by atoms with E-state index in [0.717, 1.165) is 29.7 Å². The Morgan fingerprint density at radius 3 is 1.90 bits per heavy atom. The first-order chi connectivity index (χ1) is 9.90. The monoisotopic (exact) mass is 290 g/mol. The molecule has 5 heteroatoms. The van der Waals surface area contributed by atoms with Crippen LogP contribution in [0.1, 0.15) is 25.0 Å². The Bertz CT molecular complexity index is 489. The summed E-state index contributed by atoms with van der Waals surface area (Å²) in [6.07, 6.45) is 1.75. The Hall–Kier alpha value is -2.04. The van der Waals surface area contributed by atoms with Crippen LogP contribution in [0.3, 0.4) is 0 Å². The third-order valence-electron chi connectivity index (χ3n) is 3.23. The molecule has 21 heavy (non-hydrogen) atoms. The second kappa shape index (κ2) is 7.67. The lowest BCUT2D eigenvalue weighted by Gasteiger charge is -2.22. The van der Waals surface area contributed by atoms with E-state index in [-0.39, 0.29) is 6.03 Å². The van der Waals surface area contributed by atoms with Gasteiger partial charge in [-0.1, -0.05) is 32.0 Å². The van der Waals surface area contributed by atoms with Crippen molar-refractivity contribution in [3.8, 4) is 0 Å². The maximum absolute atomic E-state index is 12.2. The predicted molar refractivity (Wildman–Crippen MR) is 89.0 cm³/mol. The molecule has 0 saturated carbocycles. The van der Waals surface area contributed by atoms with Crippen molar-refractivity contribution in [2.24, 2.45) is 4.99 Å². The molecule has 0 aromatic heterocycles. The number of amides is 2. The molecule has 1 rings (SSSR count). The molecule has 0 aliphatic rings. The minimum absolute atomic E-state index is 0.344. The lowest BCUT2D eigenvalue weighted by molar-refractivity contribution is 0.258. The van der Waals surface area contributed by atoms with Gasteiger partial charge in [0, 0.05) is 33.9 Å². The topological polar surface area (TPSA) is 47.9 Å². The number of carbonyl (C=O) groups excluding carboxylic acids is 1. The first-order valence-electron chi connectivity index (χ1n) is 7.25. The third kappa shape index (κ3) is 4.48. The zero-order valence-corrected chi connectivity index (χ0v) is 13.9. The van der Waals surface area contributed by atoms with E-state index in [9.17, 15) is 4.79 Å². The van der Waals surface area contributed by atoms with Crippen LogP contribution in [-0.2, 0) is 12.8 Å². The fourth-order valence-corrected chi connectivity index (χ4v) is 2.23. The summed E-state index contributed by atoms with van der Waals surface area (Å²) < 4.78 is 0. The van der Waals surface area contributed by atoms with Gasteiger partial charge < -0.3 is 15.1 Å². The average Bonchev–Trinajstić information content (AvgIpc) is 2.44. The summed E-state index contributed by atoms with van der Waals surface area (Å²) in [6, 6.07) is 5.76. The van der Waals surface area contributed by atoms with Gasteiger partial charge >= 0.3 is 6.03 Å². The van der Waals surface area contributed by atoms with Crippen LogP contribution < -0.4 is 5.32 Å². The molecule has 5 nitrogen and oxygen atoms in total. The molecular weight excluding hydrogens is 264 g/mol. The number of urea groups is 1. The van der Waals surface area contributed by atoms with E-state index in [4.69, 9.17) is 0 Å². The third-order valence-corrected chi connectivity index (χ3v) is 3.23. The minimum atomic E-state index is -0.344. The fraction of sp³-hybridized carbons (Fsp3) is 0.500. The first-order valence-corrected chi connectivity index (χ1v) is 7.25. The van der Waals surface area contributed by atoms with Gasteiger partial charge in [0.15, 0.2) is 0 Å². The smallest absolute Gasteiger partial charge is 0.348 e. The van der Waals surface area contributed by atoms with Gasteiger partial charge in [-0.2, -0.15) is 4.99 Å². The molecule has 1 aromatic rings. The Labute approximate surface area is 127 Å². The highest BCUT2D eigenvalue weighted by molar-refractivity contribution is 5.99. The van der Waals surface area contributed by atoms with E-state index in [2.05, 4.69) is 24.2 Å². The number of aliphatic imine (C=N–C) groups is 1. The van der Waals surface area contributed by atoms with Crippen LogP contribution in [-0.4, -0.2) is 50.0 Å². The molecular formula is C16H26N4O. The van der Waals surface area contributed by atoms with Gasteiger partial charge in [0.1, 0.15) is 0 Å². The lowest BCUT2D eigenvalue weighted by Crippen LogP contribution is -2.36. The molecule has 116 valence electrons. The zero-order valence-electron chi connectivity index (χ0n) is 13.9. The van der Waals surface area contributed by atoms with Crippen molar-refractivity contribution in [2.45, 2.75) is 26.7 Å². The maximum Gasteiger partial charge on any atom is 0.348 e. The number of guanidine groups is 1. The molecule has 1 aromatic carbocycles. The molecule has 0 fully saturated rings. The van der Waals surface area contributed by atoms with Crippen LogP contribution in [0.5, 0.6) is 0 Å². The van der Waals surface area contributed by atoms with Gasteiger partial charge in [-0.25, -0.2) is 4.79 Å². The van der Waals surface area contributed by atoms with Crippen molar-refractivity contribution in [2.75, 3.05) is 33.5 Å². The van der Waals surface area contributed by atoms with Crippen molar-refractivity contribution >= 4 is 17.7 Å². The van der Waals surface area contributed by atoms with Gasteiger partial charge in [-0.15, -0.1) is 0 Å². The second-order valence-corrected chi connectivity index (χ2v) is 5.29. The van der Waals surface area contributed by atoms with Crippen LogP contribution in [0.2, 0.25) is 0 Å². The highest BCUT2D eigenvalue weighted by atomic mass is 16.2. The maximum atomic E-state index is 12.2. The number of benzene rings is 1. The summed E-state index contributed by atoms with van der Waals surface area (Å²) >= 11 is 0. The number of hydrogen-bond acceptors (Lipinski definition) is 1. The van der Waals surface area contributed by atoms with Gasteiger partial charge in [0.05, 0.1) is 0 Å². The van der Waals surface area contributed by atoms with Crippen molar-refractivity contribution in [3.63, 3.8) is 0 Å². The van der Waals surface area contributed by atoms with Crippen molar-refractivity contribution in [1.29, 1.82) is 0 Å². The molecule has 0 unspecified atom stereocenters. The van der Waals surface area contributed by atoms with Gasteiger partial charge in [0.2, 0.25) is 5.96 Å². The molecule has 0 heterocycles. The predicted octanol–water partition coefficient (Wildman–Crippen LogP) is 2.82. The first kappa shape index (κ1) is 17.0. The lowest BCUT2D eigenvalue weighted by atomic mass is 10.0. The van der Waals surface area contributed by atoms with E-state index in [1.54, 1.807) is 0 Å². The van der Waals surface area contributed by atoms with E-state index in [1.807, 2.05) is 56.2 Å². The number of para-hydroxylation sites is 1. The minimum Gasteiger partial charge on any atom is -0.349 e.